The molecule has 0 aromatic heterocycles. The van der Waals surface area contributed by atoms with Crippen LogP contribution in [0.2, 0.25) is 0 Å². The van der Waals surface area contributed by atoms with Crippen molar-refractivity contribution in [2.45, 2.75) is 23.6 Å². The molecule has 3 rings (SSSR count). The number of carbonyl (C=O) groups is 1. The lowest BCUT2D eigenvalue weighted by atomic mass is 10.1. The second kappa shape index (κ2) is 10.5. The van der Waals surface area contributed by atoms with E-state index >= 15 is 0 Å². The third kappa shape index (κ3) is 6.00. The van der Waals surface area contributed by atoms with Gasteiger partial charge in [0, 0.05) is 24.5 Å². The number of nitrogens with one attached hydrogen (secondary N) is 1. The van der Waals surface area contributed by atoms with Crippen LogP contribution in [-0.2, 0) is 14.8 Å². The Morgan fingerprint density at radius 2 is 1.90 bits per heavy atom. The highest BCUT2D eigenvalue weighted by molar-refractivity contribution is 7.98. The fourth-order valence-electron chi connectivity index (χ4n) is 3.24. The monoisotopic (exact) mass is 464 g/mol. The molecule has 1 aliphatic heterocycles. The van der Waals surface area contributed by atoms with Gasteiger partial charge in [-0.25, -0.2) is 13.1 Å². The smallest absolute Gasteiger partial charge is 0.255 e. The molecule has 1 aliphatic rings. The van der Waals surface area contributed by atoms with Crippen molar-refractivity contribution in [3.63, 3.8) is 0 Å². The molecule has 31 heavy (non-hydrogen) atoms. The zero-order chi connectivity index (χ0) is 22.4. The van der Waals surface area contributed by atoms with Gasteiger partial charge in [-0.15, -0.1) is 11.8 Å². The minimum absolute atomic E-state index is 0.0636. The Labute approximate surface area is 188 Å². The largest absolute Gasteiger partial charge is 0.492 e. The van der Waals surface area contributed by atoms with Gasteiger partial charge >= 0.3 is 0 Å². The normalized spacial score (nSPS) is 14.5. The summed E-state index contributed by atoms with van der Waals surface area (Å²) in [6.07, 6.45) is 1.86. The molecule has 0 aliphatic carbocycles. The summed E-state index contributed by atoms with van der Waals surface area (Å²) in [5.74, 6) is 0.560. The molecule has 0 bridgehead atoms. The summed E-state index contributed by atoms with van der Waals surface area (Å²) in [5.41, 5.74) is 2.46. The number of aryl methyl sites for hydroxylation is 2. The van der Waals surface area contributed by atoms with Gasteiger partial charge in [0.2, 0.25) is 10.0 Å². The first-order chi connectivity index (χ1) is 14.8. The lowest BCUT2D eigenvalue weighted by Crippen LogP contribution is -2.41. The van der Waals surface area contributed by atoms with Crippen molar-refractivity contribution in [1.29, 1.82) is 0 Å². The number of rotatable bonds is 8. The molecule has 7 nitrogen and oxygen atoms in total. The summed E-state index contributed by atoms with van der Waals surface area (Å²) in [6.45, 7) is 6.21. The third-order valence-corrected chi connectivity index (χ3v) is 7.26. The van der Waals surface area contributed by atoms with Gasteiger partial charge < -0.3 is 14.4 Å². The molecule has 2 aromatic rings. The number of morpholine rings is 1. The van der Waals surface area contributed by atoms with Crippen LogP contribution in [0, 0.1) is 13.8 Å². The standard InChI is InChI=1S/C22H28N2O5S2/c1-16-4-5-17(2)20(14-16)29-11-8-23-31(26,27)18-6-7-21(30-3)19(15-18)22(25)24-9-12-28-13-10-24/h4-7,14-15,23H,8-13H2,1-3H3. The number of amides is 1. The topological polar surface area (TPSA) is 84.9 Å². The first-order valence-electron chi connectivity index (χ1n) is 10.1. The quantitative estimate of drug-likeness (QED) is 0.478. The average Bonchev–Trinajstić information content (AvgIpc) is 2.78. The molecule has 0 saturated carbocycles. The molecule has 1 amide bonds. The van der Waals surface area contributed by atoms with Gasteiger partial charge in [-0.1, -0.05) is 12.1 Å². The molecule has 0 spiro atoms. The Bertz CT molecular complexity index is 1030. The Hall–Kier alpha value is -2.07. The Balaban J connectivity index is 1.68. The van der Waals surface area contributed by atoms with Crippen LogP contribution in [0.4, 0.5) is 0 Å². The van der Waals surface area contributed by atoms with Crippen LogP contribution in [0.3, 0.4) is 0 Å². The van der Waals surface area contributed by atoms with Crippen LogP contribution < -0.4 is 9.46 Å². The van der Waals surface area contributed by atoms with Gasteiger partial charge in [-0.2, -0.15) is 0 Å². The van der Waals surface area contributed by atoms with Gasteiger partial charge in [0.05, 0.1) is 23.7 Å². The Morgan fingerprint density at radius 1 is 1.16 bits per heavy atom. The summed E-state index contributed by atoms with van der Waals surface area (Å²) in [4.78, 5) is 15.5. The van der Waals surface area contributed by atoms with Crippen LogP contribution in [-0.4, -0.2) is 64.9 Å². The van der Waals surface area contributed by atoms with E-state index in [0.717, 1.165) is 21.8 Å². The van der Waals surface area contributed by atoms with E-state index in [1.807, 2.05) is 38.3 Å². The van der Waals surface area contributed by atoms with Gasteiger partial charge in [0.1, 0.15) is 12.4 Å². The van der Waals surface area contributed by atoms with E-state index in [1.165, 1.54) is 23.9 Å². The van der Waals surface area contributed by atoms with Crippen molar-refractivity contribution >= 4 is 27.7 Å². The van der Waals surface area contributed by atoms with E-state index in [9.17, 15) is 13.2 Å². The predicted molar refractivity (Wildman–Crippen MR) is 122 cm³/mol. The van der Waals surface area contributed by atoms with Gasteiger partial charge in [0.25, 0.3) is 5.91 Å². The average molecular weight is 465 g/mol. The van der Waals surface area contributed by atoms with E-state index in [4.69, 9.17) is 9.47 Å². The van der Waals surface area contributed by atoms with E-state index in [1.54, 1.807) is 11.0 Å². The number of ether oxygens (including phenoxy) is 2. The molecule has 1 saturated heterocycles. The highest BCUT2D eigenvalue weighted by atomic mass is 32.2. The maximum atomic E-state index is 13.0. The molecular weight excluding hydrogens is 436 g/mol. The summed E-state index contributed by atoms with van der Waals surface area (Å²) >= 11 is 1.41. The van der Waals surface area contributed by atoms with Crippen molar-refractivity contribution in [2.24, 2.45) is 0 Å². The maximum absolute atomic E-state index is 13.0. The molecule has 9 heteroatoms. The molecule has 2 aromatic carbocycles. The van der Waals surface area contributed by atoms with Gasteiger partial charge in [-0.3, -0.25) is 4.79 Å². The van der Waals surface area contributed by atoms with Crippen molar-refractivity contribution < 1.29 is 22.7 Å². The van der Waals surface area contributed by atoms with Crippen LogP contribution in [0.1, 0.15) is 21.5 Å². The summed E-state index contributed by atoms with van der Waals surface area (Å²) in [6, 6.07) is 10.6. The van der Waals surface area contributed by atoms with Crippen LogP contribution in [0.25, 0.3) is 0 Å². The second-order valence-electron chi connectivity index (χ2n) is 7.28. The molecule has 0 unspecified atom stereocenters. The second-order valence-corrected chi connectivity index (χ2v) is 9.90. The Kier molecular flexibility index (Phi) is 7.99. The molecule has 1 heterocycles. The Morgan fingerprint density at radius 3 is 2.61 bits per heavy atom. The van der Waals surface area contributed by atoms with Crippen molar-refractivity contribution in [3.8, 4) is 5.75 Å². The number of nitrogens with zero attached hydrogens (tertiary/aromatic N) is 1. The first kappa shape index (κ1) is 23.6. The molecule has 0 radical (unpaired) electrons. The van der Waals surface area contributed by atoms with Crippen LogP contribution in [0.5, 0.6) is 5.75 Å². The predicted octanol–water partition coefficient (Wildman–Crippen LogP) is 2.86. The third-order valence-electron chi connectivity index (χ3n) is 5.01. The highest BCUT2D eigenvalue weighted by Gasteiger charge is 2.24. The maximum Gasteiger partial charge on any atom is 0.255 e. The number of carbonyl (C=O) groups excluding carboxylic acids is 1. The number of thioether (sulfide) groups is 1. The van der Waals surface area contributed by atoms with E-state index < -0.39 is 10.0 Å². The first-order valence-corrected chi connectivity index (χ1v) is 12.8. The van der Waals surface area contributed by atoms with E-state index in [2.05, 4.69) is 4.72 Å². The molecule has 1 N–H and O–H groups in total. The van der Waals surface area contributed by atoms with Gasteiger partial charge in [0.15, 0.2) is 0 Å². The lowest BCUT2D eigenvalue weighted by molar-refractivity contribution is 0.0300. The minimum Gasteiger partial charge on any atom is -0.492 e. The van der Waals surface area contributed by atoms with Crippen LogP contribution in [0.15, 0.2) is 46.2 Å². The minimum atomic E-state index is -3.78. The zero-order valence-electron chi connectivity index (χ0n) is 18.0. The number of hydrogen-bond acceptors (Lipinski definition) is 6. The van der Waals surface area contributed by atoms with Crippen LogP contribution >= 0.6 is 11.8 Å². The fraction of sp³-hybridized carbons (Fsp3) is 0.409. The van der Waals surface area contributed by atoms with Crippen molar-refractivity contribution in [2.75, 3.05) is 45.7 Å². The van der Waals surface area contributed by atoms with Gasteiger partial charge in [-0.05, 0) is 55.5 Å². The van der Waals surface area contributed by atoms with E-state index in [-0.39, 0.29) is 24.0 Å². The lowest BCUT2D eigenvalue weighted by Gasteiger charge is -2.27. The van der Waals surface area contributed by atoms with E-state index in [0.29, 0.717) is 31.9 Å². The molecule has 1 fully saturated rings. The summed E-state index contributed by atoms with van der Waals surface area (Å²) in [7, 11) is -3.78. The summed E-state index contributed by atoms with van der Waals surface area (Å²) < 4.78 is 39.2. The SMILES string of the molecule is CSc1ccc(S(=O)(=O)NCCOc2cc(C)ccc2C)cc1C(=O)N1CCOCC1. The number of sulfonamides is 1. The highest BCUT2D eigenvalue weighted by Crippen LogP contribution is 2.25. The molecule has 0 atom stereocenters. The van der Waals surface area contributed by atoms with Crippen molar-refractivity contribution in [3.05, 3.63) is 53.1 Å². The fourth-order valence-corrected chi connectivity index (χ4v) is 4.85. The number of benzene rings is 2. The summed E-state index contributed by atoms with van der Waals surface area (Å²) in [5, 5.41) is 0. The molecular formula is C22H28N2O5S2. The van der Waals surface area contributed by atoms with Crippen molar-refractivity contribution in [1.82, 2.24) is 9.62 Å². The number of hydrogen-bond donors (Lipinski definition) is 1. The zero-order valence-corrected chi connectivity index (χ0v) is 19.6. The molecule has 168 valence electrons.